The maximum Gasteiger partial charge on any atom is 0.345 e. The molecule has 0 aromatic heterocycles. The summed E-state index contributed by atoms with van der Waals surface area (Å²) in [6.07, 6.45) is 4.77. The van der Waals surface area contributed by atoms with Crippen molar-refractivity contribution in [3.8, 4) is 0 Å². The summed E-state index contributed by atoms with van der Waals surface area (Å²) in [5.41, 5.74) is 5.96. The smallest absolute Gasteiger partial charge is 0.345 e. The molecule has 1 saturated carbocycles. The molecule has 1 fully saturated rings. The minimum absolute atomic E-state index is 0.0255. The molecule has 14 heavy (non-hydrogen) atoms. The summed E-state index contributed by atoms with van der Waals surface area (Å²) in [6, 6.07) is -0.168. The number of amides is 2. The topological polar surface area (TPSA) is 58.7 Å². The van der Waals surface area contributed by atoms with Gasteiger partial charge in [0.25, 0.3) is 0 Å². The monoisotopic (exact) mass is 195 g/mol. The lowest BCUT2D eigenvalue weighted by Gasteiger charge is -2.35. The van der Waals surface area contributed by atoms with Crippen molar-refractivity contribution in [2.75, 3.05) is 7.05 Å². The lowest BCUT2D eigenvalue weighted by Crippen LogP contribution is -2.48. The van der Waals surface area contributed by atoms with Crippen LogP contribution in [0.3, 0.4) is 0 Å². The Morgan fingerprint density at radius 1 is 1.50 bits per heavy atom. The summed E-state index contributed by atoms with van der Waals surface area (Å²) >= 11 is 0. The van der Waals surface area contributed by atoms with Crippen molar-refractivity contribution in [3.63, 3.8) is 0 Å². The number of carbonyl (C=O) groups is 1. The first-order valence-electron chi connectivity index (χ1n) is 5.15. The van der Waals surface area contributed by atoms with Gasteiger partial charge in [-0.25, -0.2) is 4.79 Å². The largest absolute Gasteiger partial charge is 0.385 e. The molecule has 2 amide bonds. The molecule has 2 aliphatic rings. The second-order valence-electron chi connectivity index (χ2n) is 4.69. The number of hydrogen-bond acceptors (Lipinski definition) is 2. The zero-order chi connectivity index (χ0) is 10.3. The fourth-order valence-electron chi connectivity index (χ4n) is 2.84. The van der Waals surface area contributed by atoms with E-state index in [9.17, 15) is 4.79 Å². The highest BCUT2D eigenvalue weighted by atomic mass is 16.2. The fraction of sp³-hybridized carbons (Fsp3) is 0.800. The zero-order valence-electron chi connectivity index (χ0n) is 8.79. The number of aliphatic imine (C=N–C) groups is 1. The van der Waals surface area contributed by atoms with Crippen molar-refractivity contribution in [1.29, 1.82) is 0 Å². The number of hydrogen-bond donors (Lipinski definition) is 1. The first-order chi connectivity index (χ1) is 6.54. The number of nitrogens with two attached hydrogens (primary N) is 1. The maximum absolute atomic E-state index is 11.4. The molecule has 0 spiro atoms. The van der Waals surface area contributed by atoms with Gasteiger partial charge in [-0.15, -0.1) is 0 Å². The molecule has 78 valence electrons. The highest BCUT2D eigenvalue weighted by molar-refractivity contribution is 6.03. The molecular formula is C10H17N3O. The minimum atomic E-state index is -0.194. The molecule has 1 atom stereocenters. The molecule has 1 unspecified atom stereocenters. The van der Waals surface area contributed by atoms with Crippen LogP contribution < -0.4 is 5.73 Å². The van der Waals surface area contributed by atoms with Gasteiger partial charge in [0.05, 0.1) is 6.04 Å². The third kappa shape index (κ3) is 1.21. The van der Waals surface area contributed by atoms with Gasteiger partial charge in [-0.2, -0.15) is 4.99 Å². The number of amidine groups is 1. The number of urea groups is 1. The normalized spacial score (nSPS) is 31.0. The van der Waals surface area contributed by atoms with E-state index < -0.39 is 0 Å². The summed E-state index contributed by atoms with van der Waals surface area (Å²) in [6.45, 7) is 2.21. The molecule has 4 nitrogen and oxygen atoms in total. The molecule has 2 N–H and O–H groups in total. The van der Waals surface area contributed by atoms with E-state index in [1.54, 1.807) is 11.9 Å². The summed E-state index contributed by atoms with van der Waals surface area (Å²) < 4.78 is 0. The van der Waals surface area contributed by atoms with Gasteiger partial charge in [0.2, 0.25) is 0 Å². The van der Waals surface area contributed by atoms with E-state index in [1.165, 1.54) is 12.8 Å². The quantitative estimate of drug-likeness (QED) is 0.686. The Morgan fingerprint density at radius 3 is 2.50 bits per heavy atom. The van der Waals surface area contributed by atoms with Crippen molar-refractivity contribution >= 4 is 11.9 Å². The van der Waals surface area contributed by atoms with Crippen LogP contribution in [-0.2, 0) is 0 Å². The van der Waals surface area contributed by atoms with E-state index in [2.05, 4.69) is 11.9 Å². The second kappa shape index (κ2) is 2.97. The Labute approximate surface area is 84.2 Å². The van der Waals surface area contributed by atoms with Gasteiger partial charge in [0.1, 0.15) is 5.84 Å². The molecule has 4 heteroatoms. The van der Waals surface area contributed by atoms with E-state index in [0.29, 0.717) is 5.84 Å². The average molecular weight is 195 g/mol. The predicted molar refractivity (Wildman–Crippen MR) is 55.1 cm³/mol. The van der Waals surface area contributed by atoms with E-state index in [1.807, 2.05) is 0 Å². The molecule has 1 aliphatic carbocycles. The van der Waals surface area contributed by atoms with Gasteiger partial charge < -0.3 is 10.6 Å². The summed E-state index contributed by atoms with van der Waals surface area (Å²) in [5, 5.41) is 0. The van der Waals surface area contributed by atoms with Crippen molar-refractivity contribution < 1.29 is 4.79 Å². The SMILES string of the molecule is CN1C(=O)N=C(N)C1C1(C)CCCC1. The van der Waals surface area contributed by atoms with Crippen LogP contribution in [0.4, 0.5) is 4.79 Å². The zero-order valence-corrected chi connectivity index (χ0v) is 8.79. The van der Waals surface area contributed by atoms with Gasteiger partial charge >= 0.3 is 6.03 Å². The Balaban J connectivity index is 2.26. The molecule has 0 aromatic carbocycles. The van der Waals surface area contributed by atoms with Gasteiger partial charge in [0, 0.05) is 7.05 Å². The predicted octanol–water partition coefficient (Wildman–Crippen LogP) is 1.36. The Morgan fingerprint density at radius 2 is 2.07 bits per heavy atom. The van der Waals surface area contributed by atoms with E-state index >= 15 is 0 Å². The Hall–Kier alpha value is -1.06. The molecular weight excluding hydrogens is 178 g/mol. The standard InChI is InChI=1S/C10H17N3O/c1-10(5-3-4-6-10)7-8(11)12-9(14)13(7)2/h7H,3-6H2,1-2H3,(H2,11,12,14). The van der Waals surface area contributed by atoms with Crippen LogP contribution in [-0.4, -0.2) is 29.9 Å². The number of nitrogens with zero attached hydrogens (tertiary/aromatic N) is 2. The van der Waals surface area contributed by atoms with Gasteiger partial charge in [-0.05, 0) is 18.3 Å². The fourth-order valence-corrected chi connectivity index (χ4v) is 2.84. The Kier molecular flexibility index (Phi) is 2.01. The highest BCUT2D eigenvalue weighted by Gasteiger charge is 2.45. The summed E-state index contributed by atoms with van der Waals surface area (Å²) in [5.74, 6) is 0.502. The molecule has 0 radical (unpaired) electrons. The molecule has 0 saturated heterocycles. The van der Waals surface area contributed by atoms with Crippen LogP contribution in [0.5, 0.6) is 0 Å². The lowest BCUT2D eigenvalue weighted by molar-refractivity contribution is 0.169. The van der Waals surface area contributed by atoms with Gasteiger partial charge in [-0.1, -0.05) is 19.8 Å². The van der Waals surface area contributed by atoms with Crippen LogP contribution in [0.15, 0.2) is 4.99 Å². The van der Waals surface area contributed by atoms with E-state index in [-0.39, 0.29) is 17.5 Å². The number of carbonyl (C=O) groups excluding carboxylic acids is 1. The molecule has 1 heterocycles. The third-order valence-corrected chi connectivity index (χ3v) is 3.60. The van der Waals surface area contributed by atoms with Gasteiger partial charge in [-0.3, -0.25) is 0 Å². The first kappa shape index (κ1) is 9.49. The molecule has 0 aromatic rings. The highest BCUT2D eigenvalue weighted by Crippen LogP contribution is 2.43. The summed E-state index contributed by atoms with van der Waals surface area (Å²) in [4.78, 5) is 16.9. The van der Waals surface area contributed by atoms with Crippen molar-refractivity contribution in [2.45, 2.75) is 38.6 Å². The van der Waals surface area contributed by atoms with Crippen molar-refractivity contribution in [1.82, 2.24) is 4.90 Å². The minimum Gasteiger partial charge on any atom is -0.385 e. The number of likely N-dealkylation sites (N-methyl/N-ethyl adjacent to an activating group) is 1. The maximum atomic E-state index is 11.4. The van der Waals surface area contributed by atoms with Crippen LogP contribution in [0.1, 0.15) is 32.6 Å². The first-order valence-corrected chi connectivity index (χ1v) is 5.15. The van der Waals surface area contributed by atoms with Crippen LogP contribution >= 0.6 is 0 Å². The third-order valence-electron chi connectivity index (χ3n) is 3.60. The van der Waals surface area contributed by atoms with Crippen LogP contribution in [0.2, 0.25) is 0 Å². The molecule has 0 bridgehead atoms. The van der Waals surface area contributed by atoms with Gasteiger partial charge in [0.15, 0.2) is 0 Å². The lowest BCUT2D eigenvalue weighted by atomic mass is 9.80. The number of rotatable bonds is 1. The Bertz CT molecular complexity index is 292. The van der Waals surface area contributed by atoms with Crippen molar-refractivity contribution in [3.05, 3.63) is 0 Å². The molecule has 1 aliphatic heterocycles. The molecule has 2 rings (SSSR count). The van der Waals surface area contributed by atoms with E-state index in [4.69, 9.17) is 5.73 Å². The van der Waals surface area contributed by atoms with E-state index in [0.717, 1.165) is 12.8 Å². The van der Waals surface area contributed by atoms with Crippen molar-refractivity contribution in [2.24, 2.45) is 16.1 Å². The second-order valence-corrected chi connectivity index (χ2v) is 4.69. The average Bonchev–Trinajstić information content (AvgIpc) is 2.60. The van der Waals surface area contributed by atoms with Crippen LogP contribution in [0, 0.1) is 5.41 Å². The van der Waals surface area contributed by atoms with Crippen LogP contribution in [0.25, 0.3) is 0 Å². The summed E-state index contributed by atoms with van der Waals surface area (Å²) in [7, 11) is 1.79.